The van der Waals surface area contributed by atoms with Crippen molar-refractivity contribution < 1.29 is 0 Å². The fraction of sp³-hybridized carbons (Fsp3) is 0.176. The van der Waals surface area contributed by atoms with Crippen LogP contribution in [0.15, 0.2) is 72.3 Å². The Hall–Kier alpha value is -1.60. The molecule has 0 nitrogen and oxygen atoms in total. The van der Waals surface area contributed by atoms with Gasteiger partial charge in [-0.3, -0.25) is 0 Å². The Morgan fingerprint density at radius 3 is 1.67 bits per heavy atom. The van der Waals surface area contributed by atoms with Gasteiger partial charge in [-0.1, -0.05) is 82.7 Å². The summed E-state index contributed by atoms with van der Waals surface area (Å²) in [4.78, 5) is 0. The lowest BCUT2D eigenvalue weighted by atomic mass is 10.3. The number of benzene rings is 2. The fourth-order valence-corrected chi connectivity index (χ4v) is 7.90. The molecule has 0 amide bonds. The molecule has 0 fully saturated rings. The lowest BCUT2D eigenvalue weighted by Crippen LogP contribution is -2.56. The van der Waals surface area contributed by atoms with Gasteiger partial charge >= 0.3 is 0 Å². The van der Waals surface area contributed by atoms with Gasteiger partial charge in [-0.15, -0.1) is 0 Å². The second-order valence-electron chi connectivity index (χ2n) is 5.25. The van der Waals surface area contributed by atoms with Gasteiger partial charge in [0, 0.05) is 0 Å². The van der Waals surface area contributed by atoms with E-state index in [4.69, 9.17) is 0 Å². The minimum absolute atomic E-state index is 1.26. The van der Waals surface area contributed by atoms with Crippen LogP contribution in [0.5, 0.6) is 0 Å². The van der Waals surface area contributed by atoms with E-state index in [1.54, 1.807) is 15.9 Å². The topological polar surface area (TPSA) is 0 Å². The van der Waals surface area contributed by atoms with Crippen LogP contribution in [0.4, 0.5) is 0 Å². The first-order chi connectivity index (χ1) is 8.81. The Morgan fingerprint density at radius 2 is 1.28 bits per heavy atom. The second kappa shape index (κ2) is 4.58. The van der Waals surface area contributed by atoms with E-state index >= 15 is 0 Å². The van der Waals surface area contributed by atoms with Crippen LogP contribution in [0, 0.1) is 0 Å². The van der Waals surface area contributed by atoms with Gasteiger partial charge in [-0.25, -0.2) is 0 Å². The van der Waals surface area contributed by atoms with E-state index in [1.165, 1.54) is 12.1 Å². The van der Waals surface area contributed by atoms with E-state index in [2.05, 4.69) is 73.7 Å². The van der Waals surface area contributed by atoms with Crippen molar-refractivity contribution in [2.45, 2.75) is 19.0 Å². The maximum atomic E-state index is 2.45. The Bertz CT molecular complexity index is 515. The first-order valence-corrected chi connectivity index (χ1v) is 8.99. The van der Waals surface area contributed by atoms with E-state index in [0.717, 1.165) is 0 Å². The third-order valence-corrected chi connectivity index (χ3v) is 8.97. The summed E-state index contributed by atoms with van der Waals surface area (Å²) in [7, 11) is -1.54. The van der Waals surface area contributed by atoms with Gasteiger partial charge in [-0.05, 0) is 19.0 Å². The number of hydrogen-bond donors (Lipinski definition) is 0. The molecule has 0 spiro atoms. The molecule has 0 aliphatic carbocycles. The molecule has 90 valence electrons. The molecule has 0 N–H and O–H groups in total. The SMILES string of the molecule is CC1=CC[Si](c2ccccc2)(c2ccccc2)C1. The van der Waals surface area contributed by atoms with E-state index in [0.29, 0.717) is 0 Å². The first kappa shape index (κ1) is 11.5. The molecule has 3 rings (SSSR count). The summed E-state index contributed by atoms with van der Waals surface area (Å²) in [5.41, 5.74) is 1.56. The third kappa shape index (κ3) is 1.85. The molecule has 18 heavy (non-hydrogen) atoms. The third-order valence-electron chi connectivity index (χ3n) is 4.03. The molecule has 1 heterocycles. The minimum atomic E-state index is -1.54. The van der Waals surface area contributed by atoms with E-state index in [1.807, 2.05) is 0 Å². The van der Waals surface area contributed by atoms with Crippen LogP contribution in [-0.2, 0) is 0 Å². The van der Waals surface area contributed by atoms with Crippen LogP contribution in [0.3, 0.4) is 0 Å². The van der Waals surface area contributed by atoms with E-state index < -0.39 is 8.07 Å². The first-order valence-electron chi connectivity index (χ1n) is 6.58. The van der Waals surface area contributed by atoms with Gasteiger partial charge in [0.05, 0.1) is 0 Å². The van der Waals surface area contributed by atoms with Crippen molar-refractivity contribution >= 4 is 18.4 Å². The Labute approximate surface area is 110 Å². The maximum absolute atomic E-state index is 2.45. The molecule has 1 aliphatic rings. The molecular weight excluding hydrogens is 232 g/mol. The Kier molecular flexibility index (Phi) is 2.92. The Morgan fingerprint density at radius 1 is 0.778 bits per heavy atom. The van der Waals surface area contributed by atoms with Crippen LogP contribution < -0.4 is 10.4 Å². The van der Waals surface area contributed by atoms with E-state index in [9.17, 15) is 0 Å². The van der Waals surface area contributed by atoms with Gasteiger partial charge in [0.25, 0.3) is 0 Å². The van der Waals surface area contributed by atoms with E-state index in [-0.39, 0.29) is 0 Å². The van der Waals surface area contributed by atoms with Gasteiger partial charge in [0.1, 0.15) is 8.07 Å². The molecule has 0 saturated carbocycles. The lowest BCUT2D eigenvalue weighted by molar-refractivity contribution is 1.38. The highest BCUT2D eigenvalue weighted by Gasteiger charge is 2.39. The van der Waals surface area contributed by atoms with Crippen molar-refractivity contribution in [3.63, 3.8) is 0 Å². The highest BCUT2D eigenvalue weighted by molar-refractivity contribution is 7.03. The summed E-state index contributed by atoms with van der Waals surface area (Å²) in [6.07, 6.45) is 2.45. The molecular formula is C17H18Si. The summed E-state index contributed by atoms with van der Waals surface area (Å²) in [6.45, 7) is 2.28. The van der Waals surface area contributed by atoms with Gasteiger partial charge in [0.2, 0.25) is 0 Å². The molecule has 0 bridgehead atoms. The summed E-state index contributed by atoms with van der Waals surface area (Å²) < 4.78 is 0. The van der Waals surface area contributed by atoms with Crippen molar-refractivity contribution in [2.24, 2.45) is 0 Å². The van der Waals surface area contributed by atoms with Crippen LogP contribution in [0.2, 0.25) is 12.1 Å². The van der Waals surface area contributed by atoms with Gasteiger partial charge in [0.15, 0.2) is 0 Å². The highest BCUT2D eigenvalue weighted by atomic mass is 28.3. The fourth-order valence-electron chi connectivity index (χ4n) is 3.09. The average molecular weight is 250 g/mol. The quantitative estimate of drug-likeness (QED) is 0.567. The molecule has 0 atom stereocenters. The molecule has 0 saturated heterocycles. The van der Waals surface area contributed by atoms with Crippen LogP contribution >= 0.6 is 0 Å². The standard InChI is InChI=1S/C17H18Si/c1-15-12-13-18(14-15,16-8-4-2-5-9-16)17-10-6-3-7-11-17/h2-12H,13-14H2,1H3. The molecule has 2 aromatic carbocycles. The molecule has 1 heteroatoms. The molecule has 0 unspecified atom stereocenters. The average Bonchev–Trinajstić information content (AvgIpc) is 2.84. The zero-order valence-electron chi connectivity index (χ0n) is 10.8. The molecule has 1 aliphatic heterocycles. The zero-order valence-corrected chi connectivity index (χ0v) is 11.8. The minimum Gasteiger partial charge on any atom is -0.0879 e. The zero-order chi connectivity index (χ0) is 12.4. The monoisotopic (exact) mass is 250 g/mol. The second-order valence-corrected chi connectivity index (χ2v) is 9.33. The number of hydrogen-bond acceptors (Lipinski definition) is 0. The largest absolute Gasteiger partial charge is 0.125 e. The Balaban J connectivity index is 2.12. The smallest absolute Gasteiger partial charge is 0.0879 e. The maximum Gasteiger partial charge on any atom is 0.125 e. The van der Waals surface area contributed by atoms with Crippen molar-refractivity contribution in [3.8, 4) is 0 Å². The van der Waals surface area contributed by atoms with Crippen molar-refractivity contribution in [3.05, 3.63) is 72.3 Å². The molecule has 0 aromatic heterocycles. The van der Waals surface area contributed by atoms with Crippen LogP contribution in [0.25, 0.3) is 0 Å². The van der Waals surface area contributed by atoms with Crippen molar-refractivity contribution in [1.29, 1.82) is 0 Å². The number of rotatable bonds is 2. The molecule has 0 radical (unpaired) electrons. The normalized spacial score (nSPS) is 17.5. The predicted octanol–water partition coefficient (Wildman–Crippen LogP) is 3.21. The number of allylic oxidation sites excluding steroid dienone is 2. The van der Waals surface area contributed by atoms with Crippen LogP contribution in [-0.4, -0.2) is 8.07 Å². The summed E-state index contributed by atoms with van der Waals surface area (Å²) in [6, 6.07) is 24.8. The highest BCUT2D eigenvalue weighted by Crippen LogP contribution is 2.29. The van der Waals surface area contributed by atoms with Crippen molar-refractivity contribution in [2.75, 3.05) is 0 Å². The lowest BCUT2D eigenvalue weighted by Gasteiger charge is -2.28. The molecule has 2 aromatic rings. The summed E-state index contributed by atoms with van der Waals surface area (Å²) >= 11 is 0. The van der Waals surface area contributed by atoms with Gasteiger partial charge in [-0.2, -0.15) is 0 Å². The summed E-state index contributed by atoms with van der Waals surface area (Å²) in [5, 5.41) is 3.15. The summed E-state index contributed by atoms with van der Waals surface area (Å²) in [5.74, 6) is 0. The van der Waals surface area contributed by atoms with Crippen LogP contribution in [0.1, 0.15) is 6.92 Å². The predicted molar refractivity (Wildman–Crippen MR) is 81.3 cm³/mol. The van der Waals surface area contributed by atoms with Gasteiger partial charge < -0.3 is 0 Å². The van der Waals surface area contributed by atoms with Crippen molar-refractivity contribution in [1.82, 2.24) is 0 Å².